The Morgan fingerprint density at radius 3 is 2.62 bits per heavy atom. The fraction of sp³-hybridized carbons (Fsp3) is 1.00. The van der Waals surface area contributed by atoms with Crippen molar-refractivity contribution in [1.29, 1.82) is 0 Å². The Morgan fingerprint density at radius 1 is 1.25 bits per heavy atom. The van der Waals surface area contributed by atoms with E-state index in [0.29, 0.717) is 6.10 Å². The van der Waals surface area contributed by atoms with Crippen LogP contribution in [0.3, 0.4) is 0 Å². The van der Waals surface area contributed by atoms with Gasteiger partial charge < -0.3 is 9.47 Å². The lowest BCUT2D eigenvalue weighted by Crippen LogP contribution is -2.06. The van der Waals surface area contributed by atoms with E-state index in [1.807, 2.05) is 0 Å². The quantitative estimate of drug-likeness (QED) is 0.461. The summed E-state index contributed by atoms with van der Waals surface area (Å²) in [7, 11) is 0. The monoisotopic (exact) mass is 114 g/mol. The third-order valence-electron chi connectivity index (χ3n) is 1.85. The largest absolute Gasteiger partial charge is 0.381 e. The molecule has 0 bridgehead atoms. The second kappa shape index (κ2) is 1.71. The van der Waals surface area contributed by atoms with Gasteiger partial charge in [0.2, 0.25) is 0 Å². The van der Waals surface area contributed by atoms with Crippen LogP contribution in [0.4, 0.5) is 0 Å². The molecule has 0 N–H and O–H groups in total. The van der Waals surface area contributed by atoms with Gasteiger partial charge in [0.1, 0.15) is 0 Å². The molecule has 2 rings (SSSR count). The van der Waals surface area contributed by atoms with Gasteiger partial charge in [-0.3, -0.25) is 0 Å². The minimum Gasteiger partial charge on any atom is -0.381 e. The van der Waals surface area contributed by atoms with Gasteiger partial charge in [0.15, 0.2) is 0 Å². The van der Waals surface area contributed by atoms with Crippen LogP contribution in [-0.2, 0) is 9.47 Å². The molecule has 0 aromatic rings. The molecule has 46 valence electrons. The van der Waals surface area contributed by atoms with E-state index in [-0.39, 0.29) is 0 Å². The van der Waals surface area contributed by atoms with Crippen LogP contribution in [-0.4, -0.2) is 25.9 Å². The highest BCUT2D eigenvalue weighted by atomic mass is 16.6. The lowest BCUT2D eigenvalue weighted by Gasteiger charge is -1.97. The van der Waals surface area contributed by atoms with E-state index < -0.39 is 0 Å². The summed E-state index contributed by atoms with van der Waals surface area (Å²) in [5.41, 5.74) is 0. The molecule has 1 unspecified atom stereocenters. The zero-order valence-electron chi connectivity index (χ0n) is 4.80. The second-order valence-electron chi connectivity index (χ2n) is 2.50. The van der Waals surface area contributed by atoms with Crippen molar-refractivity contribution in [3.05, 3.63) is 0 Å². The molecule has 0 aliphatic carbocycles. The van der Waals surface area contributed by atoms with E-state index >= 15 is 0 Å². The van der Waals surface area contributed by atoms with Gasteiger partial charge in [-0.2, -0.15) is 0 Å². The van der Waals surface area contributed by atoms with Crippen LogP contribution in [0.15, 0.2) is 0 Å². The van der Waals surface area contributed by atoms with Crippen molar-refractivity contribution < 1.29 is 9.47 Å². The first kappa shape index (κ1) is 4.77. The van der Waals surface area contributed by atoms with E-state index in [9.17, 15) is 0 Å². The van der Waals surface area contributed by atoms with E-state index in [0.717, 1.165) is 25.7 Å². The Labute approximate surface area is 48.8 Å². The summed E-state index contributed by atoms with van der Waals surface area (Å²) < 4.78 is 10.3. The zero-order valence-corrected chi connectivity index (χ0v) is 4.80. The average molecular weight is 114 g/mol. The van der Waals surface area contributed by atoms with Crippen molar-refractivity contribution in [2.75, 3.05) is 19.8 Å². The summed E-state index contributed by atoms with van der Waals surface area (Å²) in [6.07, 6.45) is 1.78. The Kier molecular flexibility index (Phi) is 1.02. The molecule has 2 aliphatic rings. The lowest BCUT2D eigenvalue weighted by molar-refractivity contribution is 0.178. The highest BCUT2D eigenvalue weighted by Crippen LogP contribution is 2.26. The first-order chi connectivity index (χ1) is 3.97. The SMILES string of the molecule is C1CC([C@H]2CO2)CO1. The van der Waals surface area contributed by atoms with E-state index in [2.05, 4.69) is 0 Å². The van der Waals surface area contributed by atoms with Crippen LogP contribution in [0.1, 0.15) is 6.42 Å². The fourth-order valence-corrected chi connectivity index (χ4v) is 1.17. The third kappa shape index (κ3) is 0.740. The molecule has 2 nitrogen and oxygen atoms in total. The van der Waals surface area contributed by atoms with E-state index in [4.69, 9.17) is 9.47 Å². The van der Waals surface area contributed by atoms with Crippen LogP contribution in [0.25, 0.3) is 0 Å². The van der Waals surface area contributed by atoms with Gasteiger partial charge in [0.25, 0.3) is 0 Å². The van der Waals surface area contributed by atoms with Crippen molar-refractivity contribution in [1.82, 2.24) is 0 Å². The van der Waals surface area contributed by atoms with Gasteiger partial charge in [-0.1, -0.05) is 0 Å². The molecule has 0 aromatic carbocycles. The summed E-state index contributed by atoms with van der Waals surface area (Å²) >= 11 is 0. The highest BCUT2D eigenvalue weighted by Gasteiger charge is 2.34. The van der Waals surface area contributed by atoms with Crippen molar-refractivity contribution >= 4 is 0 Å². The molecule has 0 saturated carbocycles. The van der Waals surface area contributed by atoms with Gasteiger partial charge in [0, 0.05) is 12.5 Å². The maximum Gasteiger partial charge on any atom is 0.0860 e. The normalized spacial score (nSPS) is 45.0. The van der Waals surface area contributed by atoms with Gasteiger partial charge in [-0.15, -0.1) is 0 Å². The number of ether oxygens (including phenoxy) is 2. The summed E-state index contributed by atoms with van der Waals surface area (Å²) in [6, 6.07) is 0. The topological polar surface area (TPSA) is 21.8 Å². The van der Waals surface area contributed by atoms with Crippen molar-refractivity contribution in [2.24, 2.45) is 5.92 Å². The molecule has 2 fully saturated rings. The molecule has 0 aromatic heterocycles. The molecule has 8 heavy (non-hydrogen) atoms. The molecule has 0 radical (unpaired) electrons. The van der Waals surface area contributed by atoms with Crippen LogP contribution >= 0.6 is 0 Å². The highest BCUT2D eigenvalue weighted by molar-refractivity contribution is 4.81. The summed E-state index contributed by atoms with van der Waals surface area (Å²) in [5, 5.41) is 0. The molecule has 2 heteroatoms. The van der Waals surface area contributed by atoms with Crippen molar-refractivity contribution in [3.63, 3.8) is 0 Å². The Hall–Kier alpha value is -0.0800. The molecule has 2 atom stereocenters. The number of hydrogen-bond donors (Lipinski definition) is 0. The minimum absolute atomic E-state index is 0.567. The van der Waals surface area contributed by atoms with Crippen molar-refractivity contribution in [3.8, 4) is 0 Å². The summed E-state index contributed by atoms with van der Waals surface area (Å²) in [6.45, 7) is 2.86. The smallest absolute Gasteiger partial charge is 0.0860 e. The van der Waals surface area contributed by atoms with Gasteiger partial charge in [0.05, 0.1) is 19.3 Å². The number of rotatable bonds is 1. The maximum atomic E-state index is 5.18. The van der Waals surface area contributed by atoms with Gasteiger partial charge >= 0.3 is 0 Å². The Balaban J connectivity index is 1.86. The molecule has 0 amide bonds. The number of hydrogen-bond acceptors (Lipinski definition) is 2. The van der Waals surface area contributed by atoms with Gasteiger partial charge in [-0.25, -0.2) is 0 Å². The molecule has 2 heterocycles. The molecular weight excluding hydrogens is 104 g/mol. The molecule has 2 saturated heterocycles. The summed E-state index contributed by atoms with van der Waals surface area (Å²) in [4.78, 5) is 0. The molecule has 0 spiro atoms. The fourth-order valence-electron chi connectivity index (χ4n) is 1.17. The Bertz CT molecular complexity index is 82.5. The first-order valence-electron chi connectivity index (χ1n) is 3.16. The minimum atomic E-state index is 0.567. The van der Waals surface area contributed by atoms with Crippen LogP contribution in [0.2, 0.25) is 0 Å². The molecule has 2 aliphatic heterocycles. The molecular formula is C6H10O2. The number of epoxide rings is 1. The zero-order chi connectivity index (χ0) is 5.40. The second-order valence-corrected chi connectivity index (χ2v) is 2.50. The third-order valence-corrected chi connectivity index (χ3v) is 1.85. The standard InChI is InChI=1S/C6H10O2/c1-2-7-3-5(1)6-4-8-6/h5-6H,1-4H2/t5?,6-/m1/s1. The van der Waals surface area contributed by atoms with E-state index in [1.165, 1.54) is 6.42 Å². The van der Waals surface area contributed by atoms with E-state index in [1.54, 1.807) is 0 Å². The van der Waals surface area contributed by atoms with Gasteiger partial charge in [-0.05, 0) is 6.42 Å². The predicted molar refractivity (Wildman–Crippen MR) is 28.7 cm³/mol. The first-order valence-corrected chi connectivity index (χ1v) is 3.16. The maximum absolute atomic E-state index is 5.18. The van der Waals surface area contributed by atoms with Crippen LogP contribution < -0.4 is 0 Å². The van der Waals surface area contributed by atoms with Crippen molar-refractivity contribution in [2.45, 2.75) is 12.5 Å². The van der Waals surface area contributed by atoms with Crippen LogP contribution in [0, 0.1) is 5.92 Å². The lowest BCUT2D eigenvalue weighted by atomic mass is 10.1. The summed E-state index contributed by atoms with van der Waals surface area (Å²) in [5.74, 6) is 0.731. The predicted octanol–water partition coefficient (Wildman–Crippen LogP) is 0.422. The van der Waals surface area contributed by atoms with Crippen LogP contribution in [0.5, 0.6) is 0 Å². The average Bonchev–Trinajstić information content (AvgIpc) is 2.49. The Morgan fingerprint density at radius 2 is 2.12 bits per heavy atom.